The number of hydrogen-bond acceptors (Lipinski definition) is 8. The molecule has 3 N–H and O–H groups in total. The van der Waals surface area contributed by atoms with Crippen molar-refractivity contribution in [3.05, 3.63) is 111 Å². The highest BCUT2D eigenvalue weighted by Crippen LogP contribution is 2.78. The fourth-order valence-electron chi connectivity index (χ4n) is 12.1. The molecule has 57 heavy (non-hydrogen) atoms. The van der Waals surface area contributed by atoms with Crippen molar-refractivity contribution in [2.75, 3.05) is 19.7 Å². The second-order valence-corrected chi connectivity index (χ2v) is 19.4. The van der Waals surface area contributed by atoms with Gasteiger partial charge in [-0.1, -0.05) is 74.5 Å². The molecule has 1 aromatic heterocycles. The van der Waals surface area contributed by atoms with E-state index in [1.54, 1.807) is 12.1 Å². The van der Waals surface area contributed by atoms with E-state index in [2.05, 4.69) is 36.8 Å². The van der Waals surface area contributed by atoms with Gasteiger partial charge in [0, 0.05) is 46.3 Å². The zero-order valence-electron chi connectivity index (χ0n) is 32.9. The van der Waals surface area contributed by atoms with Crippen LogP contribution in [0.2, 0.25) is 0 Å². The summed E-state index contributed by atoms with van der Waals surface area (Å²) in [5.41, 5.74) is -0.504. The van der Waals surface area contributed by atoms with Gasteiger partial charge in [0.2, 0.25) is 0 Å². The summed E-state index contributed by atoms with van der Waals surface area (Å²) in [7, 11) is 0. The van der Waals surface area contributed by atoms with Crippen molar-refractivity contribution in [3.63, 3.8) is 0 Å². The van der Waals surface area contributed by atoms with Gasteiger partial charge in [-0.2, -0.15) is 0 Å². The lowest BCUT2D eigenvalue weighted by atomic mass is 9.32. The van der Waals surface area contributed by atoms with Crippen molar-refractivity contribution < 1.29 is 42.8 Å². The lowest BCUT2D eigenvalue weighted by molar-refractivity contribution is -0.274. The number of aliphatic hydroxyl groups is 3. The average Bonchev–Trinajstić information content (AvgIpc) is 3.71. The first kappa shape index (κ1) is 40.5. The summed E-state index contributed by atoms with van der Waals surface area (Å²) in [5.74, 6) is -0.169. The van der Waals surface area contributed by atoms with Crippen LogP contribution < -0.4 is 4.74 Å². The molecule has 6 aliphatic rings. The molecule has 9 unspecified atom stereocenters. The van der Waals surface area contributed by atoms with Gasteiger partial charge in [-0.25, -0.2) is 0 Å². The molecule has 7 nitrogen and oxygen atoms in total. The monoisotopic (exact) mass is 805 g/mol. The average molecular weight is 806 g/mol. The summed E-state index contributed by atoms with van der Waals surface area (Å²) < 4.78 is 48.8. The van der Waals surface area contributed by atoms with E-state index in [0.717, 1.165) is 41.7 Å². The molecule has 11 heteroatoms. The lowest BCUT2D eigenvalue weighted by Gasteiger charge is -2.71. The predicted octanol–water partition coefficient (Wildman–Crippen LogP) is 8.81. The van der Waals surface area contributed by atoms with E-state index in [-0.39, 0.29) is 55.0 Å². The number of ether oxygens (including phenoxy) is 2. The summed E-state index contributed by atoms with van der Waals surface area (Å²) >= 11 is 1.51. The largest absolute Gasteiger partial charge is 0.573 e. The van der Waals surface area contributed by atoms with Crippen molar-refractivity contribution in [1.29, 1.82) is 0 Å². The Labute approximate surface area is 337 Å². The van der Waals surface area contributed by atoms with Crippen LogP contribution in [-0.2, 0) is 17.9 Å². The van der Waals surface area contributed by atoms with Crippen molar-refractivity contribution in [2.24, 2.45) is 33.5 Å². The van der Waals surface area contributed by atoms with Crippen LogP contribution in [0.3, 0.4) is 0 Å². The SMILES string of the molecule is Cc1ccc(C(=O)C2=CC34C=CC25C(CCC2(C)C5CCC2(O)CN(Cc2ccc(OC(F)(F)F)cc2)CC(O)COCc2ccccc2)C3(C)CCC(O)C4)s1. The van der Waals surface area contributed by atoms with Gasteiger partial charge in [0.1, 0.15) is 5.75 Å². The first-order valence-electron chi connectivity index (χ1n) is 20.3. The van der Waals surface area contributed by atoms with E-state index in [1.165, 1.54) is 23.5 Å². The molecule has 0 aliphatic heterocycles. The second kappa shape index (κ2) is 14.7. The number of rotatable bonds is 13. The minimum atomic E-state index is -4.81. The quantitative estimate of drug-likeness (QED) is 0.117. The lowest BCUT2D eigenvalue weighted by Crippen LogP contribution is -2.67. The normalized spacial score (nSPS) is 34.7. The van der Waals surface area contributed by atoms with Gasteiger partial charge < -0.3 is 24.8 Å². The van der Waals surface area contributed by atoms with Gasteiger partial charge in [0.15, 0.2) is 5.78 Å². The van der Waals surface area contributed by atoms with Gasteiger partial charge in [0.25, 0.3) is 0 Å². The number of carbonyl (C=O) groups is 1. The van der Waals surface area contributed by atoms with Gasteiger partial charge >= 0.3 is 6.36 Å². The summed E-state index contributed by atoms with van der Waals surface area (Å²) in [5, 5.41) is 35.5. The standard InChI is InChI=1S/C46H54F3NO6S/c1-30-9-14-37(57-30)40(53)36-24-43-21-22-45(36)38(41(43,2)18-15-33(51)23-43)16-19-42(3)39(45)17-20-44(42,54)29-50(25-31-10-12-35(13-11-31)56-46(47,48)49)26-34(52)28-55-27-32-7-5-4-6-8-32/h4-14,21-22,24,33-34,38-39,51-52,54H,15-20,23,25-29H2,1-3H3. The van der Waals surface area contributed by atoms with E-state index in [1.807, 2.05) is 54.3 Å². The molecule has 3 aromatic rings. The number of hydrogen-bond donors (Lipinski definition) is 3. The van der Waals surface area contributed by atoms with Crippen molar-refractivity contribution in [1.82, 2.24) is 4.90 Å². The number of nitrogens with zero attached hydrogens (tertiary/aromatic N) is 1. The molecule has 1 heterocycles. The van der Waals surface area contributed by atoms with Crippen LogP contribution in [0, 0.1) is 40.4 Å². The zero-order chi connectivity index (χ0) is 40.4. The number of allylic oxidation sites excluding steroid dienone is 4. The molecular weight excluding hydrogens is 752 g/mol. The Kier molecular flexibility index (Phi) is 10.5. The smallest absolute Gasteiger partial charge is 0.406 e. The molecule has 9 rings (SSSR count). The molecule has 0 saturated heterocycles. The van der Waals surface area contributed by atoms with Gasteiger partial charge in [-0.3, -0.25) is 9.69 Å². The molecule has 2 spiro atoms. The topological polar surface area (TPSA) is 99.5 Å². The number of Topliss-reactive ketones (excluding diaryl/α,β-unsaturated/α-hetero) is 1. The Morgan fingerprint density at radius 2 is 1.63 bits per heavy atom. The second-order valence-electron chi connectivity index (χ2n) is 18.1. The Morgan fingerprint density at radius 1 is 0.930 bits per heavy atom. The number of thiophene rings is 1. The van der Waals surface area contributed by atoms with E-state index in [9.17, 15) is 33.3 Å². The Hall–Kier alpha value is -3.32. The summed E-state index contributed by atoms with van der Waals surface area (Å²) in [6.45, 7) is 7.60. The highest BCUT2D eigenvalue weighted by Gasteiger charge is 2.74. The van der Waals surface area contributed by atoms with E-state index in [4.69, 9.17) is 4.74 Å². The summed E-state index contributed by atoms with van der Waals surface area (Å²) in [6, 6.07) is 19.3. The summed E-state index contributed by atoms with van der Waals surface area (Å²) in [4.78, 5) is 18.6. The van der Waals surface area contributed by atoms with Crippen molar-refractivity contribution in [2.45, 2.75) is 103 Å². The molecule has 6 aliphatic carbocycles. The molecule has 0 amide bonds. The molecule has 3 saturated carbocycles. The Balaban J connectivity index is 1.10. The first-order valence-corrected chi connectivity index (χ1v) is 21.1. The molecule has 3 fully saturated rings. The van der Waals surface area contributed by atoms with Crippen LogP contribution in [0.15, 0.2) is 90.5 Å². The highest BCUT2D eigenvalue weighted by atomic mass is 32.1. The molecule has 306 valence electrons. The number of carbonyl (C=O) groups excluding carboxylic acids is 1. The maximum absolute atomic E-state index is 14.8. The number of halogens is 3. The third kappa shape index (κ3) is 7.04. The van der Waals surface area contributed by atoms with E-state index < -0.39 is 40.4 Å². The minimum absolute atomic E-state index is 0.0434. The van der Waals surface area contributed by atoms with Crippen LogP contribution in [0.4, 0.5) is 13.2 Å². The highest BCUT2D eigenvalue weighted by molar-refractivity contribution is 7.14. The molecule has 2 aromatic carbocycles. The van der Waals surface area contributed by atoms with Crippen LogP contribution in [-0.4, -0.2) is 69.9 Å². The number of alkyl halides is 3. The minimum Gasteiger partial charge on any atom is -0.406 e. The summed E-state index contributed by atoms with van der Waals surface area (Å²) in [6.07, 6.45) is 5.64. The molecule has 2 bridgehead atoms. The first-order chi connectivity index (χ1) is 27.0. The number of aryl methyl sites for hydroxylation is 1. The maximum Gasteiger partial charge on any atom is 0.573 e. The maximum atomic E-state index is 14.8. The Morgan fingerprint density at radius 3 is 2.33 bits per heavy atom. The fraction of sp³-hybridized carbons (Fsp3) is 0.543. The number of fused-ring (bicyclic) bond motifs is 1. The zero-order valence-corrected chi connectivity index (χ0v) is 33.7. The van der Waals surface area contributed by atoms with Gasteiger partial charge in [-0.15, -0.1) is 24.5 Å². The molecule has 0 radical (unpaired) electrons. The number of benzene rings is 2. The molecule has 9 atom stereocenters. The Bertz CT molecular complexity index is 2020. The van der Waals surface area contributed by atoms with Gasteiger partial charge in [-0.05, 0) is 105 Å². The van der Waals surface area contributed by atoms with E-state index >= 15 is 0 Å². The molecular formula is C46H54F3NO6S. The number of ketones is 1. The fourth-order valence-corrected chi connectivity index (χ4v) is 13.0. The predicted molar refractivity (Wildman–Crippen MR) is 212 cm³/mol. The van der Waals surface area contributed by atoms with Crippen molar-refractivity contribution in [3.8, 4) is 5.75 Å². The van der Waals surface area contributed by atoms with Crippen molar-refractivity contribution >= 4 is 17.1 Å². The number of aliphatic hydroxyl groups excluding tert-OH is 2. The van der Waals surface area contributed by atoms with E-state index in [0.29, 0.717) is 36.3 Å². The third-order valence-corrected chi connectivity index (χ3v) is 15.9. The van der Waals surface area contributed by atoms with Crippen LogP contribution >= 0.6 is 11.3 Å². The van der Waals surface area contributed by atoms with Crippen LogP contribution in [0.1, 0.15) is 84.5 Å². The van der Waals surface area contributed by atoms with Gasteiger partial charge in [0.05, 0.1) is 35.9 Å². The van der Waals surface area contributed by atoms with Crippen LogP contribution in [0.25, 0.3) is 0 Å². The van der Waals surface area contributed by atoms with Crippen LogP contribution in [0.5, 0.6) is 5.75 Å². The third-order valence-electron chi connectivity index (χ3n) is 14.9.